The molecule has 8 heteroatoms. The van der Waals surface area contributed by atoms with Crippen molar-refractivity contribution in [2.75, 3.05) is 12.4 Å². The zero-order valence-corrected chi connectivity index (χ0v) is 10.1. The van der Waals surface area contributed by atoms with E-state index in [4.69, 9.17) is 9.68 Å². The number of anilines is 1. The predicted octanol–water partition coefficient (Wildman–Crippen LogP) is 2.58. The summed E-state index contributed by atoms with van der Waals surface area (Å²) in [5, 5.41) is 11.5. The maximum absolute atomic E-state index is 13.1. The van der Waals surface area contributed by atoms with Crippen LogP contribution in [0.2, 0.25) is 0 Å². The van der Waals surface area contributed by atoms with Crippen LogP contribution in [0.25, 0.3) is 11.5 Å². The monoisotopic (exact) mass is 279 g/mol. The van der Waals surface area contributed by atoms with Crippen molar-refractivity contribution in [1.82, 2.24) is 4.98 Å². The summed E-state index contributed by atoms with van der Waals surface area (Å²) < 4.78 is 40.3. The molecule has 0 amide bonds. The molecule has 0 unspecified atom stereocenters. The normalized spacial score (nSPS) is 14.9. The minimum Gasteiger partial charge on any atom is -0.419 e. The number of nitrogens with one attached hydrogen (secondary N) is 1. The van der Waals surface area contributed by atoms with E-state index >= 15 is 0 Å². The SMILES string of the molecule is CNc1oc(-c2cccc3c2OC(F)(F)O3)nc1C#N. The molecule has 0 fully saturated rings. The number of oxazole rings is 1. The second-order valence-electron chi connectivity index (χ2n) is 3.86. The quantitative estimate of drug-likeness (QED) is 0.910. The fourth-order valence-corrected chi connectivity index (χ4v) is 1.82. The second kappa shape index (κ2) is 4.09. The molecule has 0 radical (unpaired) electrons. The largest absolute Gasteiger partial charge is 0.586 e. The average Bonchev–Trinajstić information content (AvgIpc) is 2.96. The molecule has 20 heavy (non-hydrogen) atoms. The number of para-hydroxylation sites is 1. The maximum atomic E-state index is 13.1. The number of benzene rings is 1. The van der Waals surface area contributed by atoms with Gasteiger partial charge >= 0.3 is 6.29 Å². The third-order valence-electron chi connectivity index (χ3n) is 2.62. The molecule has 0 atom stereocenters. The molecule has 0 bridgehead atoms. The third-order valence-corrected chi connectivity index (χ3v) is 2.62. The van der Waals surface area contributed by atoms with E-state index < -0.39 is 6.29 Å². The van der Waals surface area contributed by atoms with Crippen molar-refractivity contribution in [3.8, 4) is 29.0 Å². The lowest BCUT2D eigenvalue weighted by atomic mass is 10.2. The van der Waals surface area contributed by atoms with E-state index in [9.17, 15) is 8.78 Å². The minimum atomic E-state index is -3.73. The number of rotatable bonds is 2. The number of nitriles is 1. The third kappa shape index (κ3) is 1.80. The number of aromatic nitrogens is 1. The first kappa shape index (κ1) is 12.2. The van der Waals surface area contributed by atoms with Gasteiger partial charge in [0.05, 0.1) is 5.56 Å². The van der Waals surface area contributed by atoms with Crippen molar-refractivity contribution >= 4 is 5.88 Å². The van der Waals surface area contributed by atoms with Gasteiger partial charge in [-0.1, -0.05) is 6.07 Å². The lowest BCUT2D eigenvalue weighted by molar-refractivity contribution is -0.286. The summed E-state index contributed by atoms with van der Waals surface area (Å²) in [5.74, 6) is -0.157. The summed E-state index contributed by atoms with van der Waals surface area (Å²) in [6.45, 7) is 0. The van der Waals surface area contributed by atoms with Crippen LogP contribution in [0, 0.1) is 11.3 Å². The second-order valence-corrected chi connectivity index (χ2v) is 3.86. The molecule has 2 aromatic rings. The van der Waals surface area contributed by atoms with Gasteiger partial charge in [-0.3, -0.25) is 0 Å². The number of hydrogen-bond donors (Lipinski definition) is 1. The average molecular weight is 279 g/mol. The lowest BCUT2D eigenvalue weighted by Crippen LogP contribution is -2.26. The molecule has 102 valence electrons. The van der Waals surface area contributed by atoms with Gasteiger partial charge in [0.1, 0.15) is 6.07 Å². The van der Waals surface area contributed by atoms with Crippen molar-refractivity contribution in [1.29, 1.82) is 5.26 Å². The van der Waals surface area contributed by atoms with Crippen molar-refractivity contribution in [3.63, 3.8) is 0 Å². The first-order valence-corrected chi connectivity index (χ1v) is 5.52. The molecule has 1 aliphatic rings. The molecule has 1 N–H and O–H groups in total. The van der Waals surface area contributed by atoms with Crippen LogP contribution in [-0.4, -0.2) is 18.3 Å². The van der Waals surface area contributed by atoms with Crippen LogP contribution in [0.5, 0.6) is 11.5 Å². The molecule has 1 aliphatic heterocycles. The van der Waals surface area contributed by atoms with Crippen molar-refractivity contribution in [2.45, 2.75) is 6.29 Å². The topological polar surface area (TPSA) is 80.3 Å². The van der Waals surface area contributed by atoms with Crippen LogP contribution in [-0.2, 0) is 0 Å². The standard InChI is InChI=1S/C12H7F2N3O3/c1-16-11-7(5-15)17-10(18-11)6-3-2-4-8-9(6)20-12(13,14)19-8/h2-4,16H,1H3. The Balaban J connectivity index is 2.12. The number of alkyl halides is 2. The zero-order chi connectivity index (χ0) is 14.3. The van der Waals surface area contributed by atoms with E-state index in [-0.39, 0.29) is 34.5 Å². The van der Waals surface area contributed by atoms with E-state index in [1.54, 1.807) is 7.05 Å². The molecule has 2 heterocycles. The van der Waals surface area contributed by atoms with Crippen LogP contribution < -0.4 is 14.8 Å². The van der Waals surface area contributed by atoms with Crippen LogP contribution in [0.4, 0.5) is 14.7 Å². The van der Waals surface area contributed by atoms with E-state index in [1.807, 2.05) is 6.07 Å². The molecule has 1 aromatic carbocycles. The maximum Gasteiger partial charge on any atom is 0.586 e. The Hall–Kier alpha value is -2.82. The molecular weight excluding hydrogens is 272 g/mol. The lowest BCUT2D eigenvalue weighted by Gasteiger charge is -2.05. The Kier molecular flexibility index (Phi) is 2.50. The van der Waals surface area contributed by atoms with Crippen molar-refractivity contribution in [3.05, 3.63) is 23.9 Å². The number of nitrogens with zero attached hydrogens (tertiary/aromatic N) is 2. The van der Waals surface area contributed by atoms with Gasteiger partial charge in [-0.2, -0.15) is 10.2 Å². The highest BCUT2D eigenvalue weighted by molar-refractivity contribution is 5.70. The van der Waals surface area contributed by atoms with E-state index in [0.29, 0.717) is 0 Å². The van der Waals surface area contributed by atoms with Gasteiger partial charge in [-0.15, -0.1) is 8.78 Å². The van der Waals surface area contributed by atoms with Gasteiger partial charge in [0.15, 0.2) is 11.5 Å². The zero-order valence-electron chi connectivity index (χ0n) is 10.1. The fourth-order valence-electron chi connectivity index (χ4n) is 1.82. The van der Waals surface area contributed by atoms with Crippen LogP contribution >= 0.6 is 0 Å². The van der Waals surface area contributed by atoms with Gasteiger partial charge in [0.2, 0.25) is 17.5 Å². The van der Waals surface area contributed by atoms with Gasteiger partial charge in [-0.25, -0.2) is 0 Å². The van der Waals surface area contributed by atoms with Crippen molar-refractivity contribution < 1.29 is 22.7 Å². The summed E-state index contributed by atoms with van der Waals surface area (Å²) in [4.78, 5) is 3.92. The highest BCUT2D eigenvalue weighted by Crippen LogP contribution is 2.47. The summed E-state index contributed by atoms with van der Waals surface area (Å²) in [6.07, 6.45) is -3.73. The minimum absolute atomic E-state index is 0.0101. The van der Waals surface area contributed by atoms with Gasteiger partial charge in [0.25, 0.3) is 0 Å². The molecule has 0 saturated carbocycles. The molecule has 0 aliphatic carbocycles. The van der Waals surface area contributed by atoms with E-state index in [2.05, 4.69) is 19.8 Å². The smallest absolute Gasteiger partial charge is 0.419 e. The Morgan fingerprint density at radius 3 is 2.80 bits per heavy atom. The molecular formula is C12H7F2N3O3. The summed E-state index contributed by atoms with van der Waals surface area (Å²) in [7, 11) is 1.55. The highest BCUT2D eigenvalue weighted by Gasteiger charge is 2.45. The molecule has 0 spiro atoms. The molecule has 3 rings (SSSR count). The summed E-state index contributed by atoms with van der Waals surface area (Å²) >= 11 is 0. The molecule has 1 aromatic heterocycles. The Morgan fingerprint density at radius 2 is 2.15 bits per heavy atom. The van der Waals surface area contributed by atoms with Crippen LogP contribution in [0.3, 0.4) is 0 Å². The predicted molar refractivity (Wildman–Crippen MR) is 62.4 cm³/mol. The Bertz CT molecular complexity index is 721. The molecule has 6 nitrogen and oxygen atoms in total. The number of ether oxygens (including phenoxy) is 2. The fraction of sp³-hybridized carbons (Fsp3) is 0.167. The highest BCUT2D eigenvalue weighted by atomic mass is 19.3. The van der Waals surface area contributed by atoms with E-state index in [0.717, 1.165) is 0 Å². The number of hydrogen-bond acceptors (Lipinski definition) is 6. The number of halogens is 2. The Labute approximate surface area is 111 Å². The summed E-state index contributed by atoms with van der Waals surface area (Å²) in [6, 6.07) is 6.15. The van der Waals surface area contributed by atoms with Gasteiger partial charge < -0.3 is 19.2 Å². The summed E-state index contributed by atoms with van der Waals surface area (Å²) in [5.41, 5.74) is 0.198. The first-order valence-electron chi connectivity index (χ1n) is 5.52. The first-order chi connectivity index (χ1) is 9.54. The van der Waals surface area contributed by atoms with Crippen LogP contribution in [0.15, 0.2) is 22.6 Å². The molecule has 0 saturated heterocycles. The van der Waals surface area contributed by atoms with Crippen molar-refractivity contribution in [2.24, 2.45) is 0 Å². The van der Waals surface area contributed by atoms with E-state index in [1.165, 1.54) is 18.2 Å². The Morgan fingerprint density at radius 1 is 1.35 bits per heavy atom. The number of fused-ring (bicyclic) bond motifs is 1. The van der Waals surface area contributed by atoms with Crippen LogP contribution in [0.1, 0.15) is 5.69 Å². The van der Waals surface area contributed by atoms with Gasteiger partial charge in [-0.05, 0) is 12.1 Å². The van der Waals surface area contributed by atoms with Gasteiger partial charge in [0, 0.05) is 7.05 Å².